The molecule has 0 aliphatic rings. The van der Waals surface area contributed by atoms with E-state index in [9.17, 15) is 0 Å². The minimum atomic E-state index is -1.92. The number of hydrogen-bond donors (Lipinski definition) is 0. The summed E-state index contributed by atoms with van der Waals surface area (Å²) < 4.78 is 9.93. The molecule has 0 aliphatic carbocycles. The SMILES string of the molecule is CC(C)Cc1cc(-c2[c-]cc(C#N)cc2)nc[c]1[Ge]([CH3])([CH3])[CH3].Cc1ccc2oc3c[c-]c(-c4nc5ccccc5n4-c4ccc(-c5ccccc5)cc4C(C)(C)C)cc3c2c1.[Ir]. The quantitative estimate of drug-likeness (QED) is 0.118. The predicted octanol–water partition coefficient (Wildman–Crippen LogP) is 13.8. The number of nitriles is 1. The van der Waals surface area contributed by atoms with Gasteiger partial charge in [-0.05, 0) is 65.4 Å². The van der Waals surface area contributed by atoms with Crippen molar-refractivity contribution in [2.75, 3.05) is 0 Å². The van der Waals surface area contributed by atoms with Gasteiger partial charge in [-0.25, -0.2) is 0 Å². The van der Waals surface area contributed by atoms with Crippen molar-refractivity contribution in [2.24, 2.45) is 5.92 Å². The summed E-state index contributed by atoms with van der Waals surface area (Å²) >= 11 is -1.92. The van der Waals surface area contributed by atoms with Gasteiger partial charge < -0.3 is 8.98 Å². The molecule has 0 bridgehead atoms. The first-order valence-corrected chi connectivity index (χ1v) is 28.5. The van der Waals surface area contributed by atoms with Crippen LogP contribution in [0.4, 0.5) is 0 Å². The van der Waals surface area contributed by atoms with Crippen molar-refractivity contribution >= 4 is 50.6 Å². The third kappa shape index (κ3) is 9.27. The molecule has 62 heavy (non-hydrogen) atoms. The van der Waals surface area contributed by atoms with Crippen molar-refractivity contribution < 1.29 is 24.5 Å². The van der Waals surface area contributed by atoms with Gasteiger partial charge in [-0.1, -0.05) is 86.3 Å². The van der Waals surface area contributed by atoms with Gasteiger partial charge in [0.15, 0.2) is 0 Å². The van der Waals surface area contributed by atoms with E-state index in [2.05, 4.69) is 184 Å². The summed E-state index contributed by atoms with van der Waals surface area (Å²) in [6.45, 7) is 13.5. The van der Waals surface area contributed by atoms with E-state index in [0.29, 0.717) is 11.5 Å². The second kappa shape index (κ2) is 18.0. The van der Waals surface area contributed by atoms with E-state index in [0.717, 1.165) is 67.7 Å². The first-order valence-electron chi connectivity index (χ1n) is 21.1. The summed E-state index contributed by atoms with van der Waals surface area (Å²) in [5.74, 6) is 8.73. The maximum atomic E-state index is 8.89. The average Bonchev–Trinajstić information content (AvgIpc) is 3.81. The summed E-state index contributed by atoms with van der Waals surface area (Å²) in [7, 11) is 0. The molecule has 0 saturated carbocycles. The maximum Gasteiger partial charge on any atom is 0.120 e. The Morgan fingerprint density at radius 1 is 0.774 bits per heavy atom. The van der Waals surface area contributed by atoms with Gasteiger partial charge in [0, 0.05) is 31.2 Å². The molecule has 0 atom stereocenters. The molecule has 3 aromatic heterocycles. The van der Waals surface area contributed by atoms with Crippen LogP contribution in [0, 0.1) is 36.3 Å². The van der Waals surface area contributed by atoms with Gasteiger partial charge in [-0.2, -0.15) is 0 Å². The molecule has 0 fully saturated rings. The largest absolute Gasteiger partial charge is 0.500 e. The van der Waals surface area contributed by atoms with Gasteiger partial charge in [0.1, 0.15) is 5.58 Å². The van der Waals surface area contributed by atoms with Crippen LogP contribution in [0.3, 0.4) is 0 Å². The Morgan fingerprint density at radius 3 is 2.19 bits per heavy atom. The fourth-order valence-corrected chi connectivity index (χ4v) is 11.5. The number of rotatable bonds is 7. The number of imidazole rings is 1. The van der Waals surface area contributed by atoms with Crippen LogP contribution in [0.1, 0.15) is 56.9 Å². The molecule has 3 heterocycles. The Bertz CT molecular complexity index is 3070. The zero-order valence-corrected chi connectivity index (χ0v) is 41.5. The van der Waals surface area contributed by atoms with Crippen LogP contribution in [0.2, 0.25) is 17.3 Å². The molecule has 5 nitrogen and oxygen atoms in total. The summed E-state index contributed by atoms with van der Waals surface area (Å²) in [5, 5.41) is 11.1. The number of furan rings is 1. The third-order valence-electron chi connectivity index (χ3n) is 11.2. The van der Waals surface area contributed by atoms with Crippen LogP contribution in [-0.4, -0.2) is 27.8 Å². The molecule has 9 rings (SSSR count). The molecule has 1 radical (unpaired) electrons. The molecular weight excluding hydrogens is 997 g/mol. The number of pyridine rings is 1. The number of nitrogens with zero attached hydrogens (tertiary/aromatic N) is 4. The van der Waals surface area contributed by atoms with Gasteiger partial charge in [0.05, 0.1) is 22.4 Å². The van der Waals surface area contributed by atoms with Crippen LogP contribution < -0.4 is 4.40 Å². The molecule has 313 valence electrons. The topological polar surface area (TPSA) is 67.6 Å². The summed E-state index contributed by atoms with van der Waals surface area (Å²) in [6.07, 6.45) is 3.17. The molecule has 0 aliphatic heterocycles. The molecule has 6 aromatic carbocycles. The van der Waals surface area contributed by atoms with E-state index >= 15 is 0 Å². The van der Waals surface area contributed by atoms with Gasteiger partial charge in [0.2, 0.25) is 0 Å². The fourth-order valence-electron chi connectivity index (χ4n) is 8.14. The number of fused-ring (bicyclic) bond motifs is 4. The second-order valence-corrected chi connectivity index (χ2v) is 29.1. The van der Waals surface area contributed by atoms with E-state index in [1.807, 2.05) is 30.3 Å². The number of benzene rings is 6. The van der Waals surface area contributed by atoms with E-state index in [-0.39, 0.29) is 25.5 Å². The van der Waals surface area contributed by atoms with Crippen molar-refractivity contribution in [2.45, 2.75) is 70.6 Å². The molecule has 9 aromatic rings. The average molecular weight is 1050 g/mol. The van der Waals surface area contributed by atoms with E-state index < -0.39 is 13.3 Å². The van der Waals surface area contributed by atoms with Gasteiger partial charge in [0.25, 0.3) is 0 Å². The van der Waals surface area contributed by atoms with E-state index in [1.165, 1.54) is 32.2 Å². The number of hydrogen-bond acceptors (Lipinski definition) is 4. The third-order valence-corrected chi connectivity index (χ3v) is 15.5. The molecule has 0 N–H and O–H groups in total. The van der Waals surface area contributed by atoms with Gasteiger partial charge in [-0.15, -0.1) is 23.8 Å². The van der Waals surface area contributed by atoms with E-state index in [1.54, 1.807) is 6.07 Å². The zero-order chi connectivity index (χ0) is 43.1. The zero-order valence-electron chi connectivity index (χ0n) is 37.0. The summed E-state index contributed by atoms with van der Waals surface area (Å²) in [5.41, 5.74) is 14.6. The first kappa shape index (κ1) is 44.5. The Labute approximate surface area is 382 Å². The van der Waals surface area contributed by atoms with Gasteiger partial charge >= 0.3 is 136 Å². The smallest absolute Gasteiger partial charge is 0.120 e. The fraction of sp³-hybridized carbons (Fsp3) is 0.218. The second-order valence-electron chi connectivity index (χ2n) is 18.5. The standard InChI is InChI=1S/C36H29N2O.C19H23GeN2.Ir/c1-23-14-18-33-27(20-23)28-21-26(16-19-34(28)39-33)35-37-30-12-8-9-13-32(30)38(35)31-17-15-25(22-29(31)36(2,3)4)24-10-6-5-7-11-24;1-14(2)10-17-11-19(22-13-18(17)20(3,4)5)16-8-6-15(12-21)7-9-16;/h5-15,17-22H,1-4H3;6-8,11,13-14H,10H2,1-5H3;/q2*-1;. The van der Waals surface area contributed by atoms with Crippen LogP contribution in [0.15, 0.2) is 138 Å². The molecule has 0 amide bonds. The molecule has 0 unspecified atom stereocenters. The Balaban J connectivity index is 0.000000215. The van der Waals surface area contributed by atoms with Gasteiger partial charge in [-0.3, -0.25) is 4.98 Å². The summed E-state index contributed by atoms with van der Waals surface area (Å²) in [4.78, 5) is 9.82. The Kier molecular flexibility index (Phi) is 12.9. The Morgan fingerprint density at radius 2 is 1.50 bits per heavy atom. The normalized spacial score (nSPS) is 11.7. The first-order chi connectivity index (χ1) is 29.2. The van der Waals surface area contributed by atoms with Crippen molar-refractivity contribution in [3.63, 3.8) is 0 Å². The number of aromatic nitrogens is 3. The summed E-state index contributed by atoms with van der Waals surface area (Å²) in [6, 6.07) is 52.7. The molecule has 0 saturated heterocycles. The van der Waals surface area contributed by atoms with Crippen molar-refractivity contribution in [1.29, 1.82) is 5.26 Å². The predicted molar refractivity (Wildman–Crippen MR) is 256 cm³/mol. The van der Waals surface area contributed by atoms with Crippen LogP contribution in [0.5, 0.6) is 0 Å². The van der Waals surface area contributed by atoms with Crippen molar-refractivity contribution in [1.82, 2.24) is 14.5 Å². The number of para-hydroxylation sites is 2. The number of aryl methyl sites for hydroxylation is 1. The van der Waals surface area contributed by atoms with Crippen LogP contribution >= 0.6 is 0 Å². The molecule has 0 spiro atoms. The monoisotopic (exact) mass is 1050 g/mol. The minimum Gasteiger partial charge on any atom is -0.500 e. The maximum absolute atomic E-state index is 8.89. The van der Waals surface area contributed by atoms with Crippen LogP contribution in [0.25, 0.3) is 72.4 Å². The van der Waals surface area contributed by atoms with Crippen molar-refractivity contribution in [3.8, 4) is 45.5 Å². The minimum absolute atomic E-state index is 0. The van der Waals surface area contributed by atoms with Crippen LogP contribution in [-0.2, 0) is 31.9 Å². The van der Waals surface area contributed by atoms with E-state index in [4.69, 9.17) is 14.7 Å². The van der Waals surface area contributed by atoms with Crippen molar-refractivity contribution in [3.05, 3.63) is 168 Å². The molecular formula is C55H52GeIrN4O-2. The molecule has 7 heteroatoms. The Hall–Kier alpha value is -5.58.